The number of aromatic nitrogens is 5. The van der Waals surface area contributed by atoms with E-state index in [0.29, 0.717) is 22.6 Å². The third-order valence-electron chi connectivity index (χ3n) is 4.60. The number of nitrogens with two attached hydrogens (primary N) is 3. The predicted molar refractivity (Wildman–Crippen MR) is 106 cm³/mol. The van der Waals surface area contributed by atoms with Gasteiger partial charge in [-0.25, -0.2) is 9.07 Å². The summed E-state index contributed by atoms with van der Waals surface area (Å²) in [5.74, 6) is 0.00645. The first-order valence-electron chi connectivity index (χ1n) is 8.92. The van der Waals surface area contributed by atoms with Crippen LogP contribution in [-0.4, -0.2) is 24.7 Å². The van der Waals surface area contributed by atoms with E-state index < -0.39 is 5.82 Å². The molecule has 1 atom stereocenters. The van der Waals surface area contributed by atoms with Gasteiger partial charge in [-0.2, -0.15) is 20.1 Å². The highest BCUT2D eigenvalue weighted by Crippen LogP contribution is 2.36. The van der Waals surface area contributed by atoms with Crippen molar-refractivity contribution in [3.63, 3.8) is 0 Å². The smallest absolute Gasteiger partial charge is 0.293 e. The molecule has 146 valence electrons. The summed E-state index contributed by atoms with van der Waals surface area (Å²) in [6, 6.07) is 3.03. The Labute approximate surface area is 159 Å². The van der Waals surface area contributed by atoms with Crippen LogP contribution in [0.5, 0.6) is 0 Å². The number of benzene rings is 1. The maximum absolute atomic E-state index is 15.2. The molecule has 9 nitrogen and oxygen atoms in total. The summed E-state index contributed by atoms with van der Waals surface area (Å²) in [5.41, 5.74) is 18.7. The number of hydrogen-bond donors (Lipinski definition) is 3. The second-order valence-corrected chi connectivity index (χ2v) is 7.26. The summed E-state index contributed by atoms with van der Waals surface area (Å²) in [5, 5.41) is 5.08. The van der Waals surface area contributed by atoms with Crippen LogP contribution in [-0.2, 0) is 0 Å². The average Bonchev–Trinajstić information content (AvgIpc) is 3.15. The molecule has 6 N–H and O–H groups in total. The van der Waals surface area contributed by atoms with Crippen LogP contribution in [0.2, 0.25) is 0 Å². The highest BCUT2D eigenvalue weighted by atomic mass is 19.1. The lowest BCUT2D eigenvalue weighted by Crippen LogP contribution is -2.11. The fourth-order valence-electron chi connectivity index (χ4n) is 3.52. The first kappa shape index (κ1) is 18.0. The van der Waals surface area contributed by atoms with Crippen molar-refractivity contribution in [3.05, 3.63) is 17.9 Å². The Morgan fingerprint density at radius 3 is 2.57 bits per heavy atom. The summed E-state index contributed by atoms with van der Waals surface area (Å²) in [6.07, 6.45) is 0.849. The van der Waals surface area contributed by atoms with Crippen LogP contribution in [0.15, 0.2) is 16.5 Å². The molecule has 0 saturated carbocycles. The van der Waals surface area contributed by atoms with Crippen molar-refractivity contribution in [2.75, 3.05) is 17.2 Å². The lowest BCUT2D eigenvalue weighted by molar-refractivity contribution is 0.406. The highest BCUT2D eigenvalue weighted by molar-refractivity contribution is 6.00. The zero-order valence-corrected chi connectivity index (χ0v) is 15.8. The fraction of sp³-hybridized carbons (Fsp3) is 0.333. The lowest BCUT2D eigenvalue weighted by atomic mass is 10.1. The number of fused-ring (bicyclic) bond motifs is 2. The topological polar surface area (TPSA) is 148 Å². The molecule has 1 unspecified atom stereocenters. The predicted octanol–water partition coefficient (Wildman–Crippen LogP) is 3.13. The van der Waals surface area contributed by atoms with Crippen molar-refractivity contribution in [3.8, 4) is 11.3 Å². The molecular weight excluding hydrogens is 363 g/mol. The Balaban J connectivity index is 2.01. The molecule has 0 amide bonds. The number of oxazole rings is 1. The summed E-state index contributed by atoms with van der Waals surface area (Å²) in [6.45, 7) is 6.25. The maximum Gasteiger partial charge on any atom is 0.293 e. The number of halogens is 1. The summed E-state index contributed by atoms with van der Waals surface area (Å²) < 4.78 is 22.1. The van der Waals surface area contributed by atoms with Crippen LogP contribution in [0.3, 0.4) is 0 Å². The van der Waals surface area contributed by atoms with Crippen LogP contribution in [0.4, 0.5) is 22.2 Å². The minimum Gasteiger partial charge on any atom is -0.424 e. The van der Waals surface area contributed by atoms with E-state index in [1.165, 1.54) is 0 Å². The molecule has 1 aromatic carbocycles. The molecule has 0 saturated heterocycles. The van der Waals surface area contributed by atoms with Gasteiger partial charge < -0.3 is 21.6 Å². The Bertz CT molecular complexity index is 1200. The van der Waals surface area contributed by atoms with Crippen molar-refractivity contribution in [1.29, 1.82) is 0 Å². The standard InChI is InChI=1S/C18H21FN8O/c1-7(2)6-8(3)27-16-11(15(20)24-17(21)25-16)13(26-27)9-4-5-10-14(12(9)19)23-18(22)28-10/h4-5,7-8H,6H2,1-3H3,(H2,22,23)(H4,20,21,24,25). The van der Waals surface area contributed by atoms with E-state index in [9.17, 15) is 0 Å². The normalized spacial score (nSPS) is 13.0. The maximum atomic E-state index is 15.2. The second-order valence-electron chi connectivity index (χ2n) is 7.26. The Kier molecular flexibility index (Phi) is 4.06. The van der Waals surface area contributed by atoms with Gasteiger partial charge in [-0.3, -0.25) is 0 Å². The number of anilines is 3. The molecule has 0 bridgehead atoms. The van der Waals surface area contributed by atoms with Gasteiger partial charge in [0, 0.05) is 5.56 Å². The fourth-order valence-corrected chi connectivity index (χ4v) is 3.52. The first-order chi connectivity index (χ1) is 13.3. The van der Waals surface area contributed by atoms with Gasteiger partial charge in [0.1, 0.15) is 17.0 Å². The zero-order valence-electron chi connectivity index (χ0n) is 15.8. The summed E-state index contributed by atoms with van der Waals surface area (Å²) in [4.78, 5) is 12.3. The Morgan fingerprint density at radius 1 is 1.11 bits per heavy atom. The van der Waals surface area contributed by atoms with Crippen molar-refractivity contribution < 1.29 is 8.81 Å². The molecule has 0 aliphatic heterocycles. The molecule has 0 spiro atoms. The SMILES string of the molecule is CC(C)CC(C)n1nc(-c2ccc3oc(N)nc3c2F)c2c(N)nc(N)nc21. The van der Waals surface area contributed by atoms with Crippen molar-refractivity contribution >= 4 is 39.9 Å². The van der Waals surface area contributed by atoms with Gasteiger partial charge in [0.25, 0.3) is 6.01 Å². The van der Waals surface area contributed by atoms with Crippen molar-refractivity contribution in [1.82, 2.24) is 24.7 Å². The van der Waals surface area contributed by atoms with E-state index in [-0.39, 0.29) is 40.5 Å². The minimum absolute atomic E-state index is 0.000521. The van der Waals surface area contributed by atoms with E-state index in [1.807, 2.05) is 6.92 Å². The van der Waals surface area contributed by atoms with Gasteiger partial charge in [-0.1, -0.05) is 13.8 Å². The number of hydrogen-bond acceptors (Lipinski definition) is 8. The van der Waals surface area contributed by atoms with Crippen LogP contribution < -0.4 is 17.2 Å². The van der Waals surface area contributed by atoms with Crippen LogP contribution in [0.25, 0.3) is 33.4 Å². The third-order valence-corrected chi connectivity index (χ3v) is 4.60. The molecule has 28 heavy (non-hydrogen) atoms. The number of nitrogen functional groups attached to an aromatic ring is 3. The van der Waals surface area contributed by atoms with Gasteiger partial charge in [-0.15, -0.1) is 0 Å². The molecule has 0 aliphatic rings. The quantitative estimate of drug-likeness (QED) is 0.486. The monoisotopic (exact) mass is 384 g/mol. The molecule has 10 heteroatoms. The van der Waals surface area contributed by atoms with Gasteiger partial charge in [0.2, 0.25) is 5.95 Å². The molecule has 3 aromatic heterocycles. The number of nitrogens with zero attached hydrogens (tertiary/aromatic N) is 5. The molecule has 0 aliphatic carbocycles. The third kappa shape index (κ3) is 2.77. The van der Waals surface area contributed by atoms with Crippen molar-refractivity contribution in [2.24, 2.45) is 5.92 Å². The van der Waals surface area contributed by atoms with E-state index in [0.717, 1.165) is 6.42 Å². The number of rotatable bonds is 4. The summed E-state index contributed by atoms with van der Waals surface area (Å²) >= 11 is 0. The van der Waals surface area contributed by atoms with Crippen LogP contribution >= 0.6 is 0 Å². The first-order valence-corrected chi connectivity index (χ1v) is 8.92. The molecule has 0 radical (unpaired) electrons. The van der Waals surface area contributed by atoms with E-state index in [4.69, 9.17) is 21.6 Å². The Morgan fingerprint density at radius 2 is 1.86 bits per heavy atom. The van der Waals surface area contributed by atoms with E-state index in [2.05, 4.69) is 33.9 Å². The van der Waals surface area contributed by atoms with Gasteiger partial charge in [-0.05, 0) is 31.4 Å². The second kappa shape index (κ2) is 6.32. The van der Waals surface area contributed by atoms with Crippen LogP contribution in [0, 0.1) is 11.7 Å². The lowest BCUT2D eigenvalue weighted by Gasteiger charge is -2.15. The molecule has 3 heterocycles. The highest BCUT2D eigenvalue weighted by Gasteiger charge is 2.25. The molecular formula is C18H21FN8O. The van der Waals surface area contributed by atoms with Crippen molar-refractivity contribution in [2.45, 2.75) is 33.2 Å². The average molecular weight is 384 g/mol. The minimum atomic E-state index is -0.600. The van der Waals surface area contributed by atoms with E-state index >= 15 is 4.39 Å². The van der Waals surface area contributed by atoms with E-state index in [1.54, 1.807) is 16.8 Å². The zero-order chi connectivity index (χ0) is 20.2. The summed E-state index contributed by atoms with van der Waals surface area (Å²) in [7, 11) is 0. The van der Waals surface area contributed by atoms with Gasteiger partial charge in [0.05, 0.1) is 11.4 Å². The van der Waals surface area contributed by atoms with Gasteiger partial charge in [0.15, 0.2) is 17.0 Å². The Hall–Kier alpha value is -3.43. The molecule has 4 rings (SSSR count). The largest absolute Gasteiger partial charge is 0.424 e. The van der Waals surface area contributed by atoms with Gasteiger partial charge >= 0.3 is 0 Å². The van der Waals surface area contributed by atoms with Crippen LogP contribution in [0.1, 0.15) is 33.2 Å². The molecule has 4 aromatic rings. The molecule has 0 fully saturated rings.